The number of nitrogens with zero attached hydrogens (tertiary/aromatic N) is 1. The number of nitrogens with one attached hydrogen (secondary N) is 1. The maximum absolute atomic E-state index is 12.5. The highest BCUT2D eigenvalue weighted by atomic mass is 16.2. The molecule has 4 heteroatoms. The first-order valence-corrected chi connectivity index (χ1v) is 6.38. The molecule has 1 atom stereocenters. The minimum atomic E-state index is 0.0976. The van der Waals surface area contributed by atoms with E-state index in [1.165, 1.54) is 0 Å². The third-order valence-corrected chi connectivity index (χ3v) is 3.73. The van der Waals surface area contributed by atoms with Gasteiger partial charge in [-0.3, -0.25) is 4.79 Å². The fourth-order valence-electron chi connectivity index (χ4n) is 2.75. The summed E-state index contributed by atoms with van der Waals surface area (Å²) in [5.41, 5.74) is 7.49. The fraction of sp³-hybridized carbons (Fsp3) is 0.357. The van der Waals surface area contributed by atoms with Crippen LogP contribution in [0.3, 0.4) is 0 Å². The number of rotatable bonds is 2. The molecule has 1 aromatic heterocycles. The lowest BCUT2D eigenvalue weighted by Gasteiger charge is -2.23. The van der Waals surface area contributed by atoms with Gasteiger partial charge < -0.3 is 15.6 Å². The van der Waals surface area contributed by atoms with E-state index in [4.69, 9.17) is 5.73 Å². The van der Waals surface area contributed by atoms with Gasteiger partial charge in [-0.15, -0.1) is 0 Å². The molecule has 1 amide bonds. The Morgan fingerprint density at radius 2 is 2.28 bits per heavy atom. The second-order valence-corrected chi connectivity index (χ2v) is 4.78. The van der Waals surface area contributed by atoms with E-state index in [0.29, 0.717) is 6.54 Å². The van der Waals surface area contributed by atoms with E-state index in [9.17, 15) is 4.79 Å². The first-order valence-electron chi connectivity index (χ1n) is 6.38. The molecular weight excluding hydrogens is 226 g/mol. The third-order valence-electron chi connectivity index (χ3n) is 3.73. The van der Waals surface area contributed by atoms with Gasteiger partial charge in [0.25, 0.3) is 5.91 Å². The molecule has 1 saturated heterocycles. The van der Waals surface area contributed by atoms with Crippen LogP contribution in [0.25, 0.3) is 10.9 Å². The zero-order chi connectivity index (χ0) is 12.5. The van der Waals surface area contributed by atoms with Gasteiger partial charge in [-0.25, -0.2) is 0 Å². The van der Waals surface area contributed by atoms with Crippen molar-refractivity contribution in [2.75, 3.05) is 13.1 Å². The molecule has 1 aromatic carbocycles. The second kappa shape index (κ2) is 4.46. The second-order valence-electron chi connectivity index (χ2n) is 4.78. The average Bonchev–Trinajstić information content (AvgIpc) is 3.04. The zero-order valence-electron chi connectivity index (χ0n) is 10.2. The van der Waals surface area contributed by atoms with Crippen molar-refractivity contribution >= 4 is 16.8 Å². The smallest absolute Gasteiger partial charge is 0.256 e. The lowest BCUT2D eigenvalue weighted by Crippen LogP contribution is -2.39. The fourth-order valence-corrected chi connectivity index (χ4v) is 2.75. The Morgan fingerprint density at radius 3 is 3.11 bits per heavy atom. The topological polar surface area (TPSA) is 62.1 Å². The number of nitrogens with two attached hydrogens (primary N) is 1. The van der Waals surface area contributed by atoms with Crippen molar-refractivity contribution in [2.24, 2.45) is 5.73 Å². The summed E-state index contributed by atoms with van der Waals surface area (Å²) in [6.45, 7) is 1.37. The average molecular weight is 243 g/mol. The number of likely N-dealkylation sites (tertiary alicyclic amines) is 1. The summed E-state index contributed by atoms with van der Waals surface area (Å²) in [6.07, 6.45) is 3.87. The van der Waals surface area contributed by atoms with Crippen LogP contribution in [0.1, 0.15) is 23.2 Å². The molecule has 18 heavy (non-hydrogen) atoms. The van der Waals surface area contributed by atoms with Crippen molar-refractivity contribution < 1.29 is 4.79 Å². The summed E-state index contributed by atoms with van der Waals surface area (Å²) in [4.78, 5) is 17.6. The number of fused-ring (bicyclic) bond motifs is 1. The van der Waals surface area contributed by atoms with Crippen LogP contribution < -0.4 is 5.73 Å². The number of H-pyrrole nitrogens is 1. The molecule has 2 heterocycles. The number of benzene rings is 1. The van der Waals surface area contributed by atoms with Gasteiger partial charge >= 0.3 is 0 Å². The molecule has 0 radical (unpaired) electrons. The molecule has 1 aliphatic rings. The van der Waals surface area contributed by atoms with Gasteiger partial charge in [0.05, 0.1) is 5.56 Å². The van der Waals surface area contributed by atoms with Crippen molar-refractivity contribution in [3.63, 3.8) is 0 Å². The van der Waals surface area contributed by atoms with Crippen LogP contribution >= 0.6 is 0 Å². The molecule has 0 aliphatic carbocycles. The van der Waals surface area contributed by atoms with Gasteiger partial charge in [0.15, 0.2) is 0 Å². The van der Waals surface area contributed by atoms with Crippen LogP contribution in [-0.2, 0) is 0 Å². The minimum absolute atomic E-state index is 0.0976. The number of hydrogen-bond acceptors (Lipinski definition) is 2. The number of hydrogen-bond donors (Lipinski definition) is 2. The molecule has 94 valence electrons. The van der Waals surface area contributed by atoms with Gasteiger partial charge in [-0.1, -0.05) is 18.2 Å². The van der Waals surface area contributed by atoms with Gasteiger partial charge in [0.1, 0.15) is 0 Å². The summed E-state index contributed by atoms with van der Waals surface area (Å²) in [5, 5.41) is 0.991. The molecule has 0 spiro atoms. The SMILES string of the molecule is NCC1CCCN1C(=O)c1c[nH]c2ccccc12. The van der Waals surface area contributed by atoms with Crippen molar-refractivity contribution in [3.8, 4) is 0 Å². The largest absolute Gasteiger partial charge is 0.360 e. The van der Waals surface area contributed by atoms with Crippen LogP contribution in [0.2, 0.25) is 0 Å². The van der Waals surface area contributed by atoms with Gasteiger partial charge in [0.2, 0.25) is 0 Å². The normalized spacial score (nSPS) is 19.6. The van der Waals surface area contributed by atoms with Crippen molar-refractivity contribution in [2.45, 2.75) is 18.9 Å². The lowest BCUT2D eigenvalue weighted by atomic mass is 10.1. The molecule has 0 bridgehead atoms. The van der Waals surface area contributed by atoms with Crippen LogP contribution in [0.4, 0.5) is 0 Å². The number of aromatic amines is 1. The predicted octanol–water partition coefficient (Wildman–Crippen LogP) is 1.73. The summed E-state index contributed by atoms with van der Waals surface area (Å²) in [6, 6.07) is 8.08. The molecule has 1 aliphatic heterocycles. The van der Waals surface area contributed by atoms with E-state index in [2.05, 4.69) is 4.98 Å². The highest BCUT2D eigenvalue weighted by molar-refractivity contribution is 6.06. The molecular formula is C14H17N3O. The van der Waals surface area contributed by atoms with Crippen LogP contribution in [0, 0.1) is 0 Å². The highest BCUT2D eigenvalue weighted by Gasteiger charge is 2.29. The number of carbonyl (C=O) groups is 1. The molecule has 4 nitrogen and oxygen atoms in total. The Morgan fingerprint density at radius 1 is 1.44 bits per heavy atom. The third kappa shape index (κ3) is 1.69. The number of para-hydroxylation sites is 1. The minimum Gasteiger partial charge on any atom is -0.360 e. The van der Waals surface area contributed by atoms with Crippen LogP contribution in [-0.4, -0.2) is 34.9 Å². The number of amides is 1. The summed E-state index contributed by atoms with van der Waals surface area (Å²) >= 11 is 0. The van der Waals surface area contributed by atoms with E-state index >= 15 is 0 Å². The Bertz CT molecular complexity index is 575. The standard InChI is InChI=1S/C14H17N3O/c15-8-10-4-3-7-17(10)14(18)12-9-16-13-6-2-1-5-11(12)13/h1-2,5-6,9-10,16H,3-4,7-8,15H2. The Hall–Kier alpha value is -1.81. The Labute approximate surface area is 106 Å². The molecule has 0 saturated carbocycles. The summed E-state index contributed by atoms with van der Waals surface area (Å²) in [5.74, 6) is 0.0976. The van der Waals surface area contributed by atoms with E-state index in [1.54, 1.807) is 6.20 Å². The monoisotopic (exact) mass is 243 g/mol. The first kappa shape index (κ1) is 11.3. The first-order chi connectivity index (χ1) is 8.81. The zero-order valence-corrected chi connectivity index (χ0v) is 10.2. The number of aromatic nitrogens is 1. The molecule has 3 rings (SSSR count). The predicted molar refractivity (Wildman–Crippen MR) is 71.4 cm³/mol. The van der Waals surface area contributed by atoms with Gasteiger partial charge in [-0.2, -0.15) is 0 Å². The molecule has 1 unspecified atom stereocenters. The van der Waals surface area contributed by atoms with Gasteiger partial charge in [-0.05, 0) is 18.9 Å². The van der Waals surface area contributed by atoms with Crippen molar-refractivity contribution in [1.82, 2.24) is 9.88 Å². The van der Waals surface area contributed by atoms with Crippen molar-refractivity contribution in [1.29, 1.82) is 0 Å². The highest BCUT2D eigenvalue weighted by Crippen LogP contribution is 2.24. The Balaban J connectivity index is 1.97. The molecule has 2 aromatic rings. The lowest BCUT2D eigenvalue weighted by molar-refractivity contribution is 0.0743. The Kier molecular flexibility index (Phi) is 2.80. The molecule has 3 N–H and O–H groups in total. The molecule has 1 fully saturated rings. The summed E-state index contributed by atoms with van der Waals surface area (Å²) < 4.78 is 0. The van der Waals surface area contributed by atoms with E-state index in [0.717, 1.165) is 35.9 Å². The quantitative estimate of drug-likeness (QED) is 0.843. The number of carbonyl (C=O) groups excluding carboxylic acids is 1. The van der Waals surface area contributed by atoms with E-state index < -0.39 is 0 Å². The van der Waals surface area contributed by atoms with E-state index in [-0.39, 0.29) is 11.9 Å². The maximum atomic E-state index is 12.5. The summed E-state index contributed by atoms with van der Waals surface area (Å²) in [7, 11) is 0. The van der Waals surface area contributed by atoms with Crippen LogP contribution in [0.5, 0.6) is 0 Å². The van der Waals surface area contributed by atoms with Gasteiger partial charge in [0, 0.05) is 36.2 Å². The van der Waals surface area contributed by atoms with Crippen molar-refractivity contribution in [3.05, 3.63) is 36.0 Å². The van der Waals surface area contributed by atoms with E-state index in [1.807, 2.05) is 29.2 Å². The van der Waals surface area contributed by atoms with Crippen LogP contribution in [0.15, 0.2) is 30.5 Å². The maximum Gasteiger partial charge on any atom is 0.256 e.